The Kier molecular flexibility index (Phi) is 5.46. The number of rotatable bonds is 5. The highest BCUT2D eigenvalue weighted by Gasteiger charge is 2.25. The van der Waals surface area contributed by atoms with Crippen molar-refractivity contribution in [2.75, 3.05) is 18.6 Å². The van der Waals surface area contributed by atoms with Gasteiger partial charge in [0.1, 0.15) is 11.5 Å². The van der Waals surface area contributed by atoms with Crippen molar-refractivity contribution in [3.05, 3.63) is 59.0 Å². The maximum atomic E-state index is 12.3. The minimum absolute atomic E-state index is 0.155. The maximum absolute atomic E-state index is 12.3. The summed E-state index contributed by atoms with van der Waals surface area (Å²) in [5, 5.41) is 18.7. The van der Waals surface area contributed by atoms with Crippen molar-refractivity contribution >= 4 is 40.6 Å². The summed E-state index contributed by atoms with van der Waals surface area (Å²) in [6.45, 7) is -0.466. The Morgan fingerprint density at radius 3 is 2.63 bits per heavy atom. The zero-order valence-electron chi connectivity index (χ0n) is 14.3. The number of amides is 1. The van der Waals surface area contributed by atoms with Crippen LogP contribution >= 0.6 is 11.8 Å². The van der Waals surface area contributed by atoms with Gasteiger partial charge in [0.05, 0.1) is 4.91 Å². The fourth-order valence-electron chi connectivity index (χ4n) is 2.34. The molecule has 3 rings (SSSR count). The van der Waals surface area contributed by atoms with Crippen molar-refractivity contribution in [2.45, 2.75) is 0 Å². The topological polar surface area (TPSA) is 99.4 Å². The number of nitrogens with zero attached hydrogens (tertiary/aromatic N) is 2. The molecule has 2 aromatic rings. The van der Waals surface area contributed by atoms with Gasteiger partial charge in [0.25, 0.3) is 5.91 Å². The number of ether oxygens (including phenoxy) is 1. The summed E-state index contributed by atoms with van der Waals surface area (Å²) in [5.74, 6) is -0.928. The van der Waals surface area contributed by atoms with E-state index in [2.05, 4.69) is 4.99 Å². The Hall–Kier alpha value is -3.26. The number of thioether (sulfide) groups is 1. The predicted molar refractivity (Wildman–Crippen MR) is 104 cm³/mol. The first-order valence-corrected chi connectivity index (χ1v) is 8.74. The third-order valence-electron chi connectivity index (χ3n) is 3.69. The molecule has 1 aliphatic rings. The van der Waals surface area contributed by atoms with Crippen LogP contribution in [0.4, 0.5) is 5.69 Å². The summed E-state index contributed by atoms with van der Waals surface area (Å²) in [6.07, 6.45) is 1.63. The monoisotopic (exact) mass is 384 g/mol. The van der Waals surface area contributed by atoms with Crippen LogP contribution in [0.15, 0.2) is 58.4 Å². The first-order chi connectivity index (χ1) is 12.9. The number of aliphatic imine (C=N–C) groups is 1. The lowest BCUT2D eigenvalue weighted by Gasteiger charge is -2.17. The van der Waals surface area contributed by atoms with Crippen molar-refractivity contribution in [1.29, 1.82) is 0 Å². The van der Waals surface area contributed by atoms with Crippen LogP contribution in [0.2, 0.25) is 0 Å². The molecular formula is C19H16N2O5S. The number of amidine groups is 1. The lowest BCUT2D eigenvalue weighted by molar-refractivity contribution is -0.139. The number of carboxylic acids is 1. The highest BCUT2D eigenvalue weighted by Crippen LogP contribution is 2.33. The molecule has 1 amide bonds. The Labute approximate surface area is 159 Å². The Morgan fingerprint density at radius 1 is 1.22 bits per heavy atom. The molecule has 2 aromatic carbocycles. The quantitative estimate of drug-likeness (QED) is 0.765. The van der Waals surface area contributed by atoms with Gasteiger partial charge in [-0.1, -0.05) is 18.2 Å². The number of phenolic OH excluding ortho intramolecular Hbond substituents is 1. The molecule has 0 aliphatic carbocycles. The van der Waals surface area contributed by atoms with E-state index in [1.807, 2.05) is 0 Å². The number of hydrogen-bond donors (Lipinski definition) is 2. The third-order valence-corrected chi connectivity index (χ3v) is 4.75. The van der Waals surface area contributed by atoms with Crippen LogP contribution in [0.5, 0.6) is 11.5 Å². The molecule has 0 unspecified atom stereocenters. The van der Waals surface area contributed by atoms with E-state index in [1.54, 1.807) is 66.6 Å². The number of aliphatic carboxylic acids is 1. The van der Waals surface area contributed by atoms with Crippen molar-refractivity contribution in [2.24, 2.45) is 4.99 Å². The summed E-state index contributed by atoms with van der Waals surface area (Å²) in [5.41, 5.74) is 1.37. The van der Waals surface area contributed by atoms with Crippen molar-refractivity contribution in [3.63, 3.8) is 0 Å². The first kappa shape index (κ1) is 18.5. The fourth-order valence-corrected chi connectivity index (χ4v) is 3.23. The van der Waals surface area contributed by atoms with Crippen molar-refractivity contribution in [1.82, 2.24) is 0 Å². The number of carbonyl (C=O) groups excluding carboxylic acids is 1. The second kappa shape index (κ2) is 7.96. The smallest absolute Gasteiger partial charge is 0.341 e. The molecular weight excluding hydrogens is 368 g/mol. The number of hydrogen-bond acceptors (Lipinski definition) is 6. The van der Waals surface area contributed by atoms with E-state index in [9.17, 15) is 14.7 Å². The van der Waals surface area contributed by atoms with E-state index in [0.717, 1.165) is 5.69 Å². The van der Waals surface area contributed by atoms with Gasteiger partial charge in [-0.05, 0) is 48.2 Å². The van der Waals surface area contributed by atoms with E-state index in [-0.39, 0.29) is 11.7 Å². The van der Waals surface area contributed by atoms with E-state index >= 15 is 0 Å². The van der Waals surface area contributed by atoms with Crippen LogP contribution in [0, 0.1) is 0 Å². The van der Waals surface area contributed by atoms with Gasteiger partial charge in [-0.3, -0.25) is 4.79 Å². The molecule has 138 valence electrons. The summed E-state index contributed by atoms with van der Waals surface area (Å²) >= 11 is 1.21. The summed E-state index contributed by atoms with van der Waals surface area (Å²) in [4.78, 5) is 29.2. The van der Waals surface area contributed by atoms with Gasteiger partial charge in [-0.2, -0.15) is 4.99 Å². The molecule has 2 N–H and O–H groups in total. The molecule has 0 saturated heterocycles. The molecule has 7 nitrogen and oxygen atoms in total. The number of benzene rings is 2. The molecule has 0 atom stereocenters. The Morgan fingerprint density at radius 2 is 1.93 bits per heavy atom. The fraction of sp³-hybridized carbons (Fsp3) is 0.105. The molecule has 1 aliphatic heterocycles. The Bertz CT molecular complexity index is 937. The normalized spacial score (nSPS) is 14.9. The van der Waals surface area contributed by atoms with Gasteiger partial charge in [0, 0.05) is 18.3 Å². The minimum atomic E-state index is -1.08. The summed E-state index contributed by atoms with van der Waals surface area (Å²) in [6, 6.07) is 13.4. The van der Waals surface area contributed by atoms with Gasteiger partial charge >= 0.3 is 5.97 Å². The van der Waals surface area contributed by atoms with Gasteiger partial charge in [0.2, 0.25) is 0 Å². The number of anilines is 1. The second-order valence-electron chi connectivity index (χ2n) is 5.61. The number of aromatic hydroxyl groups is 1. The predicted octanol–water partition coefficient (Wildman–Crippen LogP) is 2.96. The van der Waals surface area contributed by atoms with Crippen LogP contribution in [-0.2, 0) is 9.59 Å². The Balaban J connectivity index is 1.79. The maximum Gasteiger partial charge on any atom is 0.341 e. The second-order valence-corrected chi connectivity index (χ2v) is 6.61. The van der Waals surface area contributed by atoms with Crippen molar-refractivity contribution in [3.8, 4) is 11.5 Å². The number of phenols is 1. The van der Waals surface area contributed by atoms with Gasteiger partial charge < -0.3 is 19.8 Å². The molecule has 0 bridgehead atoms. The summed E-state index contributed by atoms with van der Waals surface area (Å²) < 4.78 is 5.26. The molecule has 0 radical (unpaired) electrons. The van der Waals surface area contributed by atoms with Crippen molar-refractivity contribution < 1.29 is 24.5 Å². The van der Waals surface area contributed by atoms with Gasteiger partial charge in [-0.15, -0.1) is 0 Å². The number of para-hydroxylation sites is 1. The van der Waals surface area contributed by atoms with E-state index in [4.69, 9.17) is 9.84 Å². The highest BCUT2D eigenvalue weighted by molar-refractivity contribution is 8.18. The van der Waals surface area contributed by atoms with Gasteiger partial charge in [-0.25, -0.2) is 4.79 Å². The standard InChI is InChI=1S/C19H16N2O5S/c1-21(13-6-8-14(22)9-7-13)19-20-18(25)16(27-19)10-12-4-2-3-5-15(12)26-11-17(23)24/h2-10,22H,11H2,1H3,(H,23,24)/b16-10+. The lowest BCUT2D eigenvalue weighted by atomic mass is 10.2. The lowest BCUT2D eigenvalue weighted by Crippen LogP contribution is -2.21. The highest BCUT2D eigenvalue weighted by atomic mass is 32.2. The molecule has 0 saturated carbocycles. The molecule has 8 heteroatoms. The zero-order chi connectivity index (χ0) is 19.4. The summed E-state index contributed by atoms with van der Waals surface area (Å²) in [7, 11) is 1.78. The average molecular weight is 384 g/mol. The van der Waals surface area contributed by atoms with E-state index < -0.39 is 12.6 Å². The number of carboxylic acid groups (broad SMARTS) is 1. The molecule has 1 heterocycles. The van der Waals surface area contributed by atoms with Crippen LogP contribution in [0.3, 0.4) is 0 Å². The minimum Gasteiger partial charge on any atom is -0.508 e. The van der Waals surface area contributed by atoms with Crippen LogP contribution in [0.1, 0.15) is 5.56 Å². The SMILES string of the molecule is CN(C1=NC(=O)/C(=C\c2ccccc2OCC(=O)O)S1)c1ccc(O)cc1. The van der Waals surface area contributed by atoms with Crippen LogP contribution in [0.25, 0.3) is 6.08 Å². The molecule has 0 fully saturated rings. The van der Waals surface area contributed by atoms with Gasteiger partial charge in [0.15, 0.2) is 11.8 Å². The average Bonchev–Trinajstić information content (AvgIpc) is 3.01. The van der Waals surface area contributed by atoms with Crippen LogP contribution < -0.4 is 9.64 Å². The first-order valence-electron chi connectivity index (χ1n) is 7.93. The number of carbonyl (C=O) groups is 2. The van der Waals surface area contributed by atoms with E-state index in [0.29, 0.717) is 21.4 Å². The molecule has 0 spiro atoms. The van der Waals surface area contributed by atoms with Crippen LogP contribution in [-0.4, -0.2) is 40.9 Å². The third kappa shape index (κ3) is 4.48. The zero-order valence-corrected chi connectivity index (χ0v) is 15.1. The molecule has 27 heavy (non-hydrogen) atoms. The molecule has 0 aromatic heterocycles. The largest absolute Gasteiger partial charge is 0.508 e. The van der Waals surface area contributed by atoms with E-state index in [1.165, 1.54) is 11.8 Å².